The van der Waals surface area contributed by atoms with Crippen LogP contribution < -0.4 is 10.8 Å². The molecule has 0 aromatic heterocycles. The highest BCUT2D eigenvalue weighted by Gasteiger charge is 2.30. The Morgan fingerprint density at radius 3 is 2.30 bits per heavy atom. The van der Waals surface area contributed by atoms with Crippen LogP contribution in [0.5, 0.6) is 0 Å². The van der Waals surface area contributed by atoms with Crippen molar-refractivity contribution in [3.05, 3.63) is 35.9 Å². The third-order valence-electron chi connectivity index (χ3n) is 3.13. The zero-order chi connectivity index (χ0) is 17.4. The third-order valence-corrected chi connectivity index (χ3v) is 3.13. The Hall–Kier alpha value is -2.45. The first kappa shape index (κ1) is 18.6. The van der Waals surface area contributed by atoms with Crippen LogP contribution in [0.15, 0.2) is 30.3 Å². The number of hydrogen-bond acceptors (Lipinski definition) is 5. The summed E-state index contributed by atoms with van der Waals surface area (Å²) in [6.45, 7) is 1.87. The summed E-state index contributed by atoms with van der Waals surface area (Å²) in [6, 6.07) is 8.27. The summed E-state index contributed by atoms with van der Waals surface area (Å²) in [6.07, 6.45) is -0.680. The number of nitrogens with one attached hydrogen (secondary N) is 2. The second-order valence-electron chi connectivity index (χ2n) is 5.13. The van der Waals surface area contributed by atoms with Crippen LogP contribution >= 0.6 is 0 Å². The maximum Gasteiger partial charge on any atom is 0.332 e. The molecule has 23 heavy (non-hydrogen) atoms. The third kappa shape index (κ3) is 5.68. The van der Waals surface area contributed by atoms with Gasteiger partial charge in [-0.3, -0.25) is 19.6 Å². The molecule has 0 heterocycles. The van der Waals surface area contributed by atoms with Gasteiger partial charge in [0.15, 0.2) is 0 Å². The van der Waals surface area contributed by atoms with E-state index in [-0.39, 0.29) is 6.61 Å². The number of amides is 3. The predicted molar refractivity (Wildman–Crippen MR) is 81.2 cm³/mol. The fourth-order valence-electron chi connectivity index (χ4n) is 1.81. The zero-order valence-electron chi connectivity index (χ0n) is 13.3. The van der Waals surface area contributed by atoms with Crippen LogP contribution in [0.25, 0.3) is 0 Å². The van der Waals surface area contributed by atoms with E-state index in [1.807, 2.05) is 30.3 Å². The lowest BCUT2D eigenvalue weighted by molar-refractivity contribution is -0.147. The average molecular weight is 323 g/mol. The normalized spacial score (nSPS) is 12.9. The highest BCUT2D eigenvalue weighted by Crippen LogP contribution is 2.08. The van der Waals surface area contributed by atoms with Crippen LogP contribution in [0.1, 0.15) is 12.5 Å². The average Bonchev–Trinajstić information content (AvgIpc) is 2.56. The summed E-state index contributed by atoms with van der Waals surface area (Å²) in [7, 11) is 3.05. The molecule has 0 aliphatic carbocycles. The van der Waals surface area contributed by atoms with Gasteiger partial charge in [-0.1, -0.05) is 30.3 Å². The maximum absolute atomic E-state index is 12.2. The Morgan fingerprint density at radius 2 is 1.78 bits per heavy atom. The van der Waals surface area contributed by atoms with Crippen LogP contribution in [-0.2, 0) is 25.7 Å². The van der Waals surface area contributed by atoms with Gasteiger partial charge in [0, 0.05) is 14.1 Å². The Balaban J connectivity index is 2.76. The monoisotopic (exact) mass is 323 g/mol. The fourth-order valence-corrected chi connectivity index (χ4v) is 1.81. The Bertz CT molecular complexity index is 547. The number of nitrogens with zero attached hydrogens (tertiary/aromatic N) is 1. The minimum atomic E-state index is -1.25. The highest BCUT2D eigenvalue weighted by molar-refractivity contribution is 6.35. The van der Waals surface area contributed by atoms with E-state index in [1.165, 1.54) is 24.5 Å². The largest absolute Gasteiger partial charge is 0.371 e. The summed E-state index contributed by atoms with van der Waals surface area (Å²) < 4.78 is 5.62. The Morgan fingerprint density at radius 1 is 1.17 bits per heavy atom. The van der Waals surface area contributed by atoms with Crippen LogP contribution in [0.3, 0.4) is 0 Å². The molecular formula is C15H21N3O5. The van der Waals surface area contributed by atoms with E-state index >= 15 is 0 Å². The second-order valence-corrected chi connectivity index (χ2v) is 5.13. The van der Waals surface area contributed by atoms with Crippen molar-refractivity contribution in [1.29, 1.82) is 0 Å². The van der Waals surface area contributed by atoms with Gasteiger partial charge in [0.25, 0.3) is 0 Å². The molecule has 126 valence electrons. The topological polar surface area (TPSA) is 108 Å². The molecular weight excluding hydrogens is 302 g/mol. The SMILES string of the molecule is CC(OCc1ccccc1)[C@H](NC(=O)C(=O)NO)C(=O)N(C)C. The van der Waals surface area contributed by atoms with Crippen molar-refractivity contribution in [2.75, 3.05) is 14.1 Å². The molecule has 0 aliphatic rings. The van der Waals surface area contributed by atoms with Crippen molar-refractivity contribution in [2.45, 2.75) is 25.7 Å². The minimum absolute atomic E-state index is 0.251. The van der Waals surface area contributed by atoms with E-state index in [1.54, 1.807) is 6.92 Å². The summed E-state index contributed by atoms with van der Waals surface area (Å²) in [4.78, 5) is 36.1. The van der Waals surface area contributed by atoms with E-state index in [4.69, 9.17) is 9.94 Å². The van der Waals surface area contributed by atoms with E-state index < -0.39 is 29.9 Å². The lowest BCUT2D eigenvalue weighted by atomic mass is 10.1. The van der Waals surface area contributed by atoms with E-state index in [2.05, 4.69) is 5.32 Å². The molecule has 3 N–H and O–H groups in total. The Kier molecular flexibility index (Phi) is 7.17. The van der Waals surface area contributed by atoms with Crippen LogP contribution in [-0.4, -0.2) is 54.1 Å². The fraction of sp³-hybridized carbons (Fsp3) is 0.400. The standard InChI is InChI=1S/C15H21N3O5/c1-10(23-9-11-7-5-4-6-8-11)12(15(21)18(2)3)16-13(19)14(20)17-22/h4-8,10,12,22H,9H2,1-3H3,(H,16,19)(H,17,20)/t10?,12-/m0/s1. The maximum atomic E-state index is 12.2. The van der Waals surface area contributed by atoms with Crippen molar-refractivity contribution in [3.63, 3.8) is 0 Å². The molecule has 0 bridgehead atoms. The van der Waals surface area contributed by atoms with Gasteiger partial charge in [-0.25, -0.2) is 5.48 Å². The first-order valence-corrected chi connectivity index (χ1v) is 6.98. The molecule has 0 saturated heterocycles. The van der Waals surface area contributed by atoms with E-state index in [0.29, 0.717) is 0 Å². The molecule has 0 aliphatic heterocycles. The number of carbonyl (C=O) groups excluding carboxylic acids is 3. The van der Waals surface area contributed by atoms with Crippen molar-refractivity contribution in [2.24, 2.45) is 0 Å². The molecule has 0 spiro atoms. The smallest absolute Gasteiger partial charge is 0.332 e. The molecule has 3 amide bonds. The first-order valence-electron chi connectivity index (χ1n) is 6.98. The quantitative estimate of drug-likeness (QED) is 0.377. The van der Waals surface area contributed by atoms with Gasteiger partial charge in [-0.2, -0.15) is 0 Å². The van der Waals surface area contributed by atoms with E-state index in [9.17, 15) is 14.4 Å². The minimum Gasteiger partial charge on any atom is -0.371 e. The number of benzene rings is 1. The summed E-state index contributed by atoms with van der Waals surface area (Å²) >= 11 is 0. The highest BCUT2D eigenvalue weighted by atomic mass is 16.5. The summed E-state index contributed by atoms with van der Waals surface area (Å²) in [5.74, 6) is -2.80. The van der Waals surface area contributed by atoms with Gasteiger partial charge >= 0.3 is 11.8 Å². The van der Waals surface area contributed by atoms with Gasteiger partial charge in [0.2, 0.25) is 5.91 Å². The summed E-state index contributed by atoms with van der Waals surface area (Å²) in [5.41, 5.74) is 2.13. The molecule has 0 fully saturated rings. The molecule has 1 aromatic rings. The van der Waals surface area contributed by atoms with E-state index in [0.717, 1.165) is 5.56 Å². The van der Waals surface area contributed by atoms with Crippen molar-refractivity contribution >= 4 is 17.7 Å². The lowest BCUT2D eigenvalue weighted by Gasteiger charge is -2.26. The molecule has 1 aromatic carbocycles. The van der Waals surface area contributed by atoms with Crippen molar-refractivity contribution in [1.82, 2.24) is 15.7 Å². The number of likely N-dealkylation sites (N-methyl/N-ethyl adjacent to an activating group) is 1. The van der Waals surface area contributed by atoms with Crippen LogP contribution in [0.2, 0.25) is 0 Å². The molecule has 8 nitrogen and oxygen atoms in total. The molecule has 1 rings (SSSR count). The first-order chi connectivity index (χ1) is 10.9. The number of hydrogen-bond donors (Lipinski definition) is 3. The number of ether oxygens (including phenoxy) is 1. The van der Waals surface area contributed by atoms with Crippen molar-refractivity contribution in [3.8, 4) is 0 Å². The number of rotatable bonds is 6. The van der Waals surface area contributed by atoms with Gasteiger partial charge in [-0.15, -0.1) is 0 Å². The van der Waals surface area contributed by atoms with Crippen molar-refractivity contribution < 1.29 is 24.3 Å². The molecule has 0 saturated carbocycles. The van der Waals surface area contributed by atoms with Gasteiger partial charge < -0.3 is 15.0 Å². The van der Waals surface area contributed by atoms with Gasteiger partial charge in [0.05, 0.1) is 12.7 Å². The molecule has 8 heteroatoms. The zero-order valence-corrected chi connectivity index (χ0v) is 13.3. The van der Waals surface area contributed by atoms with Crippen LogP contribution in [0, 0.1) is 0 Å². The molecule has 2 atom stereocenters. The number of hydroxylamine groups is 1. The van der Waals surface area contributed by atoms with Gasteiger partial charge in [0.1, 0.15) is 6.04 Å². The van der Waals surface area contributed by atoms with Gasteiger partial charge in [-0.05, 0) is 12.5 Å². The number of carbonyl (C=O) groups is 3. The molecule has 1 unspecified atom stereocenters. The lowest BCUT2D eigenvalue weighted by Crippen LogP contribution is -2.55. The predicted octanol–water partition coefficient (Wildman–Crippen LogP) is -0.330. The Labute approximate surface area is 134 Å². The summed E-state index contributed by atoms with van der Waals surface area (Å²) in [5, 5.41) is 10.7. The molecule has 0 radical (unpaired) electrons. The van der Waals surface area contributed by atoms with Crippen LogP contribution in [0.4, 0.5) is 0 Å². The second kappa shape index (κ2) is 8.86.